The zero-order valence-corrected chi connectivity index (χ0v) is 12.3. The number of nitrogens with one attached hydrogen (secondary N) is 1. The first kappa shape index (κ1) is 16.2. The number of benzene rings is 1. The molecule has 0 bridgehead atoms. The van der Waals surface area contributed by atoms with E-state index in [1.54, 1.807) is 30.5 Å². The quantitative estimate of drug-likeness (QED) is 0.310. The van der Waals surface area contributed by atoms with Gasteiger partial charge in [0.2, 0.25) is 0 Å². The fourth-order valence-electron chi connectivity index (χ4n) is 1.57. The predicted molar refractivity (Wildman–Crippen MR) is 79.4 cm³/mol. The summed E-state index contributed by atoms with van der Waals surface area (Å²) in [6.45, 7) is 1.87. The molecule has 0 saturated carbocycles. The van der Waals surface area contributed by atoms with Crippen molar-refractivity contribution >= 4 is 22.5 Å². The normalized spacial score (nSPS) is 14.6. The van der Waals surface area contributed by atoms with Gasteiger partial charge < -0.3 is 16.3 Å². The molecule has 0 aliphatic heterocycles. The van der Waals surface area contributed by atoms with E-state index in [2.05, 4.69) is 10.5 Å². The van der Waals surface area contributed by atoms with E-state index in [1.807, 2.05) is 6.92 Å². The van der Waals surface area contributed by atoms with E-state index in [1.165, 1.54) is 0 Å². The molecule has 7 heteroatoms. The molecule has 0 aromatic heterocycles. The molecule has 0 saturated heterocycles. The van der Waals surface area contributed by atoms with E-state index in [0.29, 0.717) is 23.3 Å². The molecule has 0 heterocycles. The zero-order chi connectivity index (χ0) is 15.1. The highest BCUT2D eigenvalue weighted by atomic mass is 32.2. The molecule has 1 aromatic rings. The molecular formula is C13H19N3O3S. The van der Waals surface area contributed by atoms with E-state index in [9.17, 15) is 9.00 Å². The highest BCUT2D eigenvalue weighted by Crippen LogP contribution is 2.05. The number of nitrogens with two attached hydrogens (primary N) is 1. The maximum Gasteiger partial charge on any atom is 0.251 e. The molecule has 0 fully saturated rings. The lowest BCUT2D eigenvalue weighted by atomic mass is 10.1. The van der Waals surface area contributed by atoms with Crippen LogP contribution in [0.25, 0.3) is 0 Å². The number of carbonyl (C=O) groups excluding carboxylic acids is 1. The van der Waals surface area contributed by atoms with Gasteiger partial charge in [0.05, 0.1) is 0 Å². The molecule has 4 N–H and O–H groups in total. The Bertz CT molecular complexity index is 514. The van der Waals surface area contributed by atoms with E-state index in [0.717, 1.165) is 0 Å². The van der Waals surface area contributed by atoms with Gasteiger partial charge in [0.1, 0.15) is 0 Å². The molecule has 0 radical (unpaired) electrons. The second-order valence-electron chi connectivity index (χ2n) is 4.50. The Hall–Kier alpha value is -1.89. The third-order valence-electron chi connectivity index (χ3n) is 2.77. The molecule has 2 unspecified atom stereocenters. The Kier molecular flexibility index (Phi) is 6.17. The van der Waals surface area contributed by atoms with E-state index < -0.39 is 10.8 Å². The van der Waals surface area contributed by atoms with Crippen molar-refractivity contribution in [1.82, 2.24) is 5.32 Å². The van der Waals surface area contributed by atoms with E-state index in [4.69, 9.17) is 10.9 Å². The molecule has 0 aliphatic rings. The summed E-state index contributed by atoms with van der Waals surface area (Å²) in [6, 6.07) is 6.38. The second-order valence-corrected chi connectivity index (χ2v) is 6.06. The minimum atomic E-state index is -0.857. The van der Waals surface area contributed by atoms with Gasteiger partial charge in [-0.15, -0.1) is 0 Å². The summed E-state index contributed by atoms with van der Waals surface area (Å²) in [7, 11) is -0.857. The third-order valence-corrected chi connectivity index (χ3v) is 3.58. The number of amidine groups is 1. The minimum absolute atomic E-state index is 0.00393. The van der Waals surface area contributed by atoms with Crippen LogP contribution in [-0.2, 0) is 10.8 Å². The minimum Gasteiger partial charge on any atom is -0.409 e. The average molecular weight is 297 g/mol. The molecule has 0 spiro atoms. The number of hydrogen-bond donors (Lipinski definition) is 3. The van der Waals surface area contributed by atoms with Gasteiger partial charge in [0.15, 0.2) is 5.84 Å². The lowest BCUT2D eigenvalue weighted by Gasteiger charge is -2.13. The van der Waals surface area contributed by atoms with Crippen LogP contribution in [0.4, 0.5) is 0 Å². The van der Waals surface area contributed by atoms with Crippen LogP contribution in [-0.4, -0.2) is 39.2 Å². The van der Waals surface area contributed by atoms with Crippen LogP contribution >= 0.6 is 0 Å². The molecule has 2 atom stereocenters. The van der Waals surface area contributed by atoms with Gasteiger partial charge in [0.25, 0.3) is 5.91 Å². The predicted octanol–water partition coefficient (Wildman–Crippen LogP) is 0.668. The van der Waals surface area contributed by atoms with Crippen molar-refractivity contribution < 1.29 is 14.2 Å². The number of carbonyl (C=O) groups is 1. The van der Waals surface area contributed by atoms with Gasteiger partial charge >= 0.3 is 0 Å². The summed E-state index contributed by atoms with van der Waals surface area (Å²) in [5.41, 5.74) is 6.47. The fraction of sp³-hybridized carbons (Fsp3) is 0.385. The number of nitrogens with zero attached hydrogens (tertiary/aromatic N) is 1. The Labute approximate surface area is 120 Å². The van der Waals surface area contributed by atoms with Crippen molar-refractivity contribution in [2.75, 3.05) is 12.0 Å². The van der Waals surface area contributed by atoms with Crippen molar-refractivity contribution in [2.45, 2.75) is 19.4 Å². The molecule has 1 rings (SSSR count). The van der Waals surface area contributed by atoms with Gasteiger partial charge in [-0.1, -0.05) is 17.3 Å². The zero-order valence-electron chi connectivity index (χ0n) is 11.5. The third kappa shape index (κ3) is 5.00. The van der Waals surface area contributed by atoms with Gasteiger partial charge in [-0.2, -0.15) is 0 Å². The van der Waals surface area contributed by atoms with Crippen molar-refractivity contribution in [3.8, 4) is 0 Å². The number of rotatable bonds is 6. The SMILES string of the molecule is CC(CCS(C)=O)NC(=O)c1ccc(/C(N)=N/O)cc1. The van der Waals surface area contributed by atoms with Crippen LogP contribution < -0.4 is 11.1 Å². The second kappa shape index (κ2) is 7.64. The highest BCUT2D eigenvalue weighted by molar-refractivity contribution is 7.84. The Morgan fingerprint density at radius 2 is 1.95 bits per heavy atom. The molecule has 1 amide bonds. The topological polar surface area (TPSA) is 105 Å². The van der Waals surface area contributed by atoms with Crippen LogP contribution in [0.5, 0.6) is 0 Å². The van der Waals surface area contributed by atoms with Gasteiger partial charge in [-0.05, 0) is 25.5 Å². The van der Waals surface area contributed by atoms with Gasteiger partial charge in [-0.3, -0.25) is 9.00 Å². The first-order valence-corrected chi connectivity index (χ1v) is 7.85. The first-order valence-electron chi connectivity index (χ1n) is 6.13. The van der Waals surface area contributed by atoms with Crippen molar-refractivity contribution in [1.29, 1.82) is 0 Å². The maximum absolute atomic E-state index is 12.0. The monoisotopic (exact) mass is 297 g/mol. The van der Waals surface area contributed by atoms with Crippen LogP contribution in [0.3, 0.4) is 0 Å². The number of hydrogen-bond acceptors (Lipinski definition) is 4. The summed E-state index contributed by atoms with van der Waals surface area (Å²) in [5, 5.41) is 14.3. The summed E-state index contributed by atoms with van der Waals surface area (Å²) in [5.74, 6) is 0.352. The Morgan fingerprint density at radius 1 is 1.40 bits per heavy atom. The molecule has 0 aliphatic carbocycles. The smallest absolute Gasteiger partial charge is 0.251 e. The lowest BCUT2D eigenvalue weighted by molar-refractivity contribution is 0.0939. The highest BCUT2D eigenvalue weighted by Gasteiger charge is 2.10. The summed E-state index contributed by atoms with van der Waals surface area (Å²) < 4.78 is 11.0. The molecule has 1 aromatic carbocycles. The lowest BCUT2D eigenvalue weighted by Crippen LogP contribution is -2.33. The first-order chi connectivity index (χ1) is 9.43. The van der Waals surface area contributed by atoms with Crippen molar-refractivity contribution in [2.24, 2.45) is 10.9 Å². The van der Waals surface area contributed by atoms with Crippen LogP contribution in [0.2, 0.25) is 0 Å². The summed E-state index contributed by atoms with van der Waals surface area (Å²) in [4.78, 5) is 12.0. The van der Waals surface area contributed by atoms with Crippen LogP contribution in [0, 0.1) is 0 Å². The van der Waals surface area contributed by atoms with Crippen LogP contribution in [0.15, 0.2) is 29.4 Å². The van der Waals surface area contributed by atoms with Gasteiger partial charge in [0, 0.05) is 40.0 Å². The summed E-state index contributed by atoms with van der Waals surface area (Å²) in [6.07, 6.45) is 2.30. The van der Waals surface area contributed by atoms with Crippen molar-refractivity contribution in [3.63, 3.8) is 0 Å². The Morgan fingerprint density at radius 3 is 2.45 bits per heavy atom. The van der Waals surface area contributed by atoms with E-state index in [-0.39, 0.29) is 17.8 Å². The average Bonchev–Trinajstić information content (AvgIpc) is 2.44. The standard InChI is InChI=1S/C13H19N3O3S/c1-9(7-8-20(2)19)15-13(17)11-5-3-10(4-6-11)12(14)16-18/h3-6,9,18H,7-8H2,1-2H3,(H2,14,16)(H,15,17). The number of amides is 1. The maximum atomic E-state index is 12.0. The molecule has 6 nitrogen and oxygen atoms in total. The van der Waals surface area contributed by atoms with E-state index >= 15 is 0 Å². The molecule has 110 valence electrons. The van der Waals surface area contributed by atoms with Gasteiger partial charge in [-0.25, -0.2) is 0 Å². The fourth-order valence-corrected chi connectivity index (χ4v) is 2.26. The largest absolute Gasteiger partial charge is 0.409 e. The molecular weight excluding hydrogens is 278 g/mol. The number of oxime groups is 1. The van der Waals surface area contributed by atoms with Crippen LogP contribution in [0.1, 0.15) is 29.3 Å². The Balaban J connectivity index is 2.62. The van der Waals surface area contributed by atoms with Crippen molar-refractivity contribution in [3.05, 3.63) is 35.4 Å². The summed E-state index contributed by atoms with van der Waals surface area (Å²) >= 11 is 0. The molecule has 20 heavy (non-hydrogen) atoms.